The molecule has 0 aliphatic heterocycles. The maximum atomic E-state index is 5.36. The maximum Gasteiger partial charge on any atom is 0.216 e. The Bertz CT molecular complexity index is 918. The Labute approximate surface area is 143 Å². The van der Waals surface area contributed by atoms with Crippen LogP contribution < -0.4 is 9.47 Å². The number of ether oxygens (including phenoxy) is 2. The molecule has 0 fully saturated rings. The van der Waals surface area contributed by atoms with Crippen LogP contribution in [0.2, 0.25) is 0 Å². The van der Waals surface area contributed by atoms with Crippen molar-refractivity contribution in [2.24, 2.45) is 5.10 Å². The minimum Gasteiger partial charge on any atom is -0.497 e. The summed E-state index contributed by atoms with van der Waals surface area (Å²) in [6, 6.07) is 11.0. The highest BCUT2D eigenvalue weighted by molar-refractivity contribution is 7.71. The third-order valence-corrected chi connectivity index (χ3v) is 3.56. The van der Waals surface area contributed by atoms with Gasteiger partial charge in [-0.15, -0.1) is 0 Å². The van der Waals surface area contributed by atoms with Crippen LogP contribution in [0.25, 0.3) is 11.5 Å². The van der Waals surface area contributed by atoms with Crippen molar-refractivity contribution >= 4 is 18.4 Å². The Morgan fingerprint density at radius 3 is 2.79 bits per heavy atom. The summed E-state index contributed by atoms with van der Waals surface area (Å²) in [7, 11) is 3.20. The smallest absolute Gasteiger partial charge is 0.216 e. The first-order valence-electron chi connectivity index (χ1n) is 7.08. The van der Waals surface area contributed by atoms with E-state index in [9.17, 15) is 0 Å². The number of H-pyrrole nitrogens is 1. The van der Waals surface area contributed by atoms with Gasteiger partial charge in [0.15, 0.2) is 0 Å². The molecule has 0 radical (unpaired) electrons. The van der Waals surface area contributed by atoms with E-state index in [4.69, 9.17) is 21.7 Å². The average Bonchev–Trinajstić information content (AvgIpc) is 3.01. The van der Waals surface area contributed by atoms with E-state index in [0.717, 1.165) is 5.56 Å². The van der Waals surface area contributed by atoms with E-state index in [1.807, 2.05) is 30.3 Å². The molecule has 7 nitrogen and oxygen atoms in total. The molecule has 0 spiro atoms. The van der Waals surface area contributed by atoms with Crippen LogP contribution in [0.4, 0.5) is 0 Å². The highest BCUT2D eigenvalue weighted by atomic mass is 32.1. The van der Waals surface area contributed by atoms with Crippen molar-refractivity contribution < 1.29 is 9.47 Å². The number of pyridine rings is 1. The Hall–Kier alpha value is -3.00. The Morgan fingerprint density at radius 1 is 1.21 bits per heavy atom. The van der Waals surface area contributed by atoms with E-state index in [2.05, 4.69) is 20.3 Å². The first kappa shape index (κ1) is 15.9. The van der Waals surface area contributed by atoms with Crippen LogP contribution >= 0.6 is 12.2 Å². The SMILES string of the molecule is COc1ccc(/C=N\n2c(-c3ccccn3)n[nH]c2=S)c(OC)c1. The summed E-state index contributed by atoms with van der Waals surface area (Å²) >= 11 is 5.24. The van der Waals surface area contributed by atoms with Crippen LogP contribution in [0.1, 0.15) is 5.56 Å². The number of rotatable bonds is 5. The van der Waals surface area contributed by atoms with Crippen LogP contribution in [-0.4, -0.2) is 40.3 Å². The molecule has 0 unspecified atom stereocenters. The normalized spacial score (nSPS) is 10.9. The number of methoxy groups -OCH3 is 2. The third-order valence-electron chi connectivity index (χ3n) is 3.30. The monoisotopic (exact) mass is 341 g/mol. The fourth-order valence-electron chi connectivity index (χ4n) is 2.10. The zero-order chi connectivity index (χ0) is 16.9. The van der Waals surface area contributed by atoms with Crippen molar-refractivity contribution in [3.63, 3.8) is 0 Å². The fourth-order valence-corrected chi connectivity index (χ4v) is 2.28. The Kier molecular flexibility index (Phi) is 4.66. The summed E-state index contributed by atoms with van der Waals surface area (Å²) in [5.41, 5.74) is 1.46. The molecule has 1 N–H and O–H groups in total. The van der Waals surface area contributed by atoms with Gasteiger partial charge < -0.3 is 9.47 Å². The van der Waals surface area contributed by atoms with E-state index in [-0.39, 0.29) is 0 Å². The molecule has 0 saturated carbocycles. The topological polar surface area (TPSA) is 77.3 Å². The molecule has 24 heavy (non-hydrogen) atoms. The fraction of sp³-hybridized carbons (Fsp3) is 0.125. The van der Waals surface area contributed by atoms with E-state index in [0.29, 0.717) is 27.8 Å². The molecule has 0 aliphatic rings. The molecular weight excluding hydrogens is 326 g/mol. The predicted molar refractivity (Wildman–Crippen MR) is 93.2 cm³/mol. The first-order valence-corrected chi connectivity index (χ1v) is 7.49. The summed E-state index contributed by atoms with van der Waals surface area (Å²) in [6.07, 6.45) is 3.34. The van der Waals surface area contributed by atoms with Crippen LogP contribution in [-0.2, 0) is 0 Å². The molecular formula is C16H15N5O2S. The number of benzene rings is 1. The predicted octanol–water partition coefficient (Wildman–Crippen LogP) is 2.90. The van der Waals surface area contributed by atoms with Gasteiger partial charge in [-0.2, -0.15) is 14.9 Å². The third kappa shape index (κ3) is 3.18. The summed E-state index contributed by atoms with van der Waals surface area (Å²) in [5, 5.41) is 11.3. The quantitative estimate of drug-likeness (QED) is 0.570. The summed E-state index contributed by atoms with van der Waals surface area (Å²) in [5.74, 6) is 1.88. The second kappa shape index (κ2) is 7.05. The molecule has 0 amide bonds. The lowest BCUT2D eigenvalue weighted by Crippen LogP contribution is -1.98. The molecule has 122 valence electrons. The number of aromatic amines is 1. The minimum atomic E-state index is 0.374. The molecule has 0 aliphatic carbocycles. The molecule has 8 heteroatoms. The van der Waals surface area contributed by atoms with Crippen LogP contribution in [0.3, 0.4) is 0 Å². The first-order chi connectivity index (χ1) is 11.7. The van der Waals surface area contributed by atoms with Gasteiger partial charge in [-0.25, -0.2) is 5.10 Å². The summed E-state index contributed by atoms with van der Waals surface area (Å²) in [4.78, 5) is 4.27. The zero-order valence-electron chi connectivity index (χ0n) is 13.1. The van der Waals surface area contributed by atoms with Gasteiger partial charge in [0, 0.05) is 17.8 Å². The van der Waals surface area contributed by atoms with Crippen LogP contribution in [0.15, 0.2) is 47.7 Å². The zero-order valence-corrected chi connectivity index (χ0v) is 13.9. The lowest BCUT2D eigenvalue weighted by atomic mass is 10.2. The van der Waals surface area contributed by atoms with Gasteiger partial charge in [-0.1, -0.05) is 6.07 Å². The molecule has 0 atom stereocenters. The second-order valence-electron chi connectivity index (χ2n) is 4.73. The lowest BCUT2D eigenvalue weighted by Gasteiger charge is -2.07. The lowest BCUT2D eigenvalue weighted by molar-refractivity contribution is 0.394. The van der Waals surface area contributed by atoms with E-state index in [1.54, 1.807) is 32.7 Å². The molecule has 0 saturated heterocycles. The van der Waals surface area contributed by atoms with E-state index >= 15 is 0 Å². The van der Waals surface area contributed by atoms with Crippen molar-refractivity contribution in [3.8, 4) is 23.0 Å². The van der Waals surface area contributed by atoms with Crippen LogP contribution in [0.5, 0.6) is 11.5 Å². The van der Waals surface area contributed by atoms with Gasteiger partial charge >= 0.3 is 0 Å². The van der Waals surface area contributed by atoms with E-state index < -0.39 is 0 Å². The number of nitrogens with zero attached hydrogens (tertiary/aromatic N) is 4. The van der Waals surface area contributed by atoms with Gasteiger partial charge in [0.1, 0.15) is 17.2 Å². The minimum absolute atomic E-state index is 0.374. The number of nitrogens with one attached hydrogen (secondary N) is 1. The molecule has 0 bridgehead atoms. The van der Waals surface area contributed by atoms with Gasteiger partial charge in [0.05, 0.1) is 20.4 Å². The Balaban J connectivity index is 1.99. The van der Waals surface area contributed by atoms with Crippen molar-refractivity contribution in [1.82, 2.24) is 19.9 Å². The van der Waals surface area contributed by atoms with Crippen molar-refractivity contribution in [1.29, 1.82) is 0 Å². The average molecular weight is 341 g/mol. The molecule has 3 rings (SSSR count). The van der Waals surface area contributed by atoms with E-state index in [1.165, 1.54) is 4.68 Å². The second-order valence-corrected chi connectivity index (χ2v) is 5.12. The van der Waals surface area contributed by atoms with Crippen LogP contribution in [0, 0.1) is 4.77 Å². The number of hydrogen-bond donors (Lipinski definition) is 1. The maximum absolute atomic E-state index is 5.36. The molecule has 1 aromatic carbocycles. The van der Waals surface area contributed by atoms with Gasteiger partial charge in [0.2, 0.25) is 10.6 Å². The Morgan fingerprint density at radius 2 is 2.08 bits per heavy atom. The number of aromatic nitrogens is 4. The van der Waals surface area contributed by atoms with Gasteiger partial charge in [-0.05, 0) is 36.5 Å². The number of hydrogen-bond acceptors (Lipinski definition) is 6. The van der Waals surface area contributed by atoms with Gasteiger partial charge in [0.25, 0.3) is 0 Å². The van der Waals surface area contributed by atoms with Gasteiger partial charge in [-0.3, -0.25) is 4.98 Å². The standard InChI is InChI=1S/C16H15N5O2S/c1-22-12-7-6-11(14(9-12)23-2)10-18-21-15(19-20-16(21)24)13-5-3-4-8-17-13/h3-10H,1-2H3,(H,20,24)/b18-10-. The molecule has 2 heterocycles. The van der Waals surface area contributed by atoms with Crippen molar-refractivity contribution in [2.75, 3.05) is 14.2 Å². The highest BCUT2D eigenvalue weighted by Gasteiger charge is 2.09. The van der Waals surface area contributed by atoms with Crippen molar-refractivity contribution in [2.45, 2.75) is 0 Å². The highest BCUT2D eigenvalue weighted by Crippen LogP contribution is 2.23. The summed E-state index contributed by atoms with van der Waals surface area (Å²) < 4.78 is 12.4. The summed E-state index contributed by atoms with van der Waals surface area (Å²) in [6.45, 7) is 0. The van der Waals surface area contributed by atoms with Crippen molar-refractivity contribution in [3.05, 3.63) is 52.9 Å². The molecule has 2 aromatic heterocycles. The molecule has 3 aromatic rings. The largest absolute Gasteiger partial charge is 0.497 e.